The first-order valence-corrected chi connectivity index (χ1v) is 10.7. The number of hydrogen-bond donors (Lipinski definition) is 5. The third kappa shape index (κ3) is 4.09. The molecule has 29 heavy (non-hydrogen) atoms. The molecule has 4 atom stereocenters. The number of imidazole rings is 1. The topological polar surface area (TPSA) is 127 Å². The number of aliphatic hydroxyl groups is 3. The van der Waals surface area contributed by atoms with Crippen molar-refractivity contribution in [3.8, 4) is 0 Å². The summed E-state index contributed by atoms with van der Waals surface area (Å²) in [7, 11) is 0. The molecule has 11 heteroatoms. The highest BCUT2D eigenvalue weighted by Gasteiger charge is 2.46. The zero-order valence-corrected chi connectivity index (χ0v) is 17.1. The number of aliphatic hydroxyl groups excluding tert-OH is 3. The molecule has 1 aliphatic heterocycles. The Morgan fingerprint density at radius 1 is 1.28 bits per heavy atom. The van der Waals surface area contributed by atoms with Crippen LogP contribution in [0.1, 0.15) is 23.9 Å². The van der Waals surface area contributed by atoms with Crippen LogP contribution < -0.4 is 9.88 Å². The fraction of sp³-hybridized carbons (Fsp3) is 0.500. The van der Waals surface area contributed by atoms with Crippen molar-refractivity contribution in [3.63, 3.8) is 0 Å². The van der Waals surface area contributed by atoms with E-state index in [1.807, 2.05) is 11.4 Å². The molecule has 9 nitrogen and oxygen atoms in total. The molecule has 4 heterocycles. The van der Waals surface area contributed by atoms with Crippen molar-refractivity contribution in [2.75, 3.05) is 18.5 Å². The number of H-pyrrole nitrogens is 1. The zero-order valence-electron chi connectivity index (χ0n) is 15.5. The first-order valence-electron chi connectivity index (χ1n) is 9.41. The average molecular weight is 441 g/mol. The predicted molar refractivity (Wildman–Crippen MR) is 108 cm³/mol. The van der Waals surface area contributed by atoms with Gasteiger partial charge in [0.2, 0.25) is 11.7 Å². The fourth-order valence-corrected chi connectivity index (χ4v) is 4.64. The standard InChI is InChI=1S/C18H22ClN5O4S/c19-10-4-6-29-12(10)3-1-2-5-20-16-13-17(22-8-21-16)24(9-23-13)18-15(27)14(26)11(7-25)28-18/h4,6,8-9,11,14-15,18,25-27H,1-3,5,7H2,(H,20,21,22)/p+1/t11?,14-,15-,18-/m1/s1. The lowest BCUT2D eigenvalue weighted by Crippen LogP contribution is -2.45. The maximum absolute atomic E-state index is 10.3. The minimum Gasteiger partial charge on any atom is -0.394 e. The number of fused-ring (bicyclic) bond motifs is 1. The maximum atomic E-state index is 10.3. The van der Waals surface area contributed by atoms with E-state index in [2.05, 4.69) is 20.3 Å². The van der Waals surface area contributed by atoms with Gasteiger partial charge in [0, 0.05) is 11.4 Å². The molecule has 0 aromatic carbocycles. The molecule has 0 saturated carbocycles. The van der Waals surface area contributed by atoms with Crippen molar-refractivity contribution < 1.29 is 24.6 Å². The smallest absolute Gasteiger partial charge is 0.309 e. The van der Waals surface area contributed by atoms with Crippen LogP contribution in [0.2, 0.25) is 5.02 Å². The van der Waals surface area contributed by atoms with Crippen LogP contribution in [0.4, 0.5) is 5.82 Å². The van der Waals surface area contributed by atoms with E-state index in [0.29, 0.717) is 17.0 Å². The molecule has 5 N–H and O–H groups in total. The number of anilines is 1. The average Bonchev–Trinajstić information content (AvgIpc) is 3.41. The monoisotopic (exact) mass is 440 g/mol. The van der Waals surface area contributed by atoms with Crippen LogP contribution >= 0.6 is 22.9 Å². The van der Waals surface area contributed by atoms with Crippen molar-refractivity contribution in [1.29, 1.82) is 0 Å². The van der Waals surface area contributed by atoms with E-state index in [-0.39, 0.29) is 6.61 Å². The van der Waals surface area contributed by atoms with E-state index in [1.165, 1.54) is 11.2 Å². The Labute approximate surface area is 176 Å². The van der Waals surface area contributed by atoms with Gasteiger partial charge in [-0.05, 0) is 30.7 Å². The molecule has 1 saturated heterocycles. The number of rotatable bonds is 8. The van der Waals surface area contributed by atoms with Gasteiger partial charge < -0.3 is 25.4 Å². The minimum atomic E-state index is -1.17. The summed E-state index contributed by atoms with van der Waals surface area (Å²) in [6.07, 6.45) is 1.92. The summed E-state index contributed by atoms with van der Waals surface area (Å²) in [5, 5.41) is 35.7. The Kier molecular flexibility index (Phi) is 6.28. The highest BCUT2D eigenvalue weighted by atomic mass is 35.5. The third-order valence-electron chi connectivity index (χ3n) is 5.03. The number of hydrogen-bond acceptors (Lipinski definition) is 8. The van der Waals surface area contributed by atoms with Gasteiger partial charge in [-0.15, -0.1) is 11.3 Å². The molecular weight excluding hydrogens is 418 g/mol. The Morgan fingerprint density at radius 3 is 2.86 bits per heavy atom. The van der Waals surface area contributed by atoms with Gasteiger partial charge >= 0.3 is 5.65 Å². The Hall–Kier alpha value is -1.82. The third-order valence-corrected chi connectivity index (χ3v) is 6.47. The molecule has 0 spiro atoms. The van der Waals surface area contributed by atoms with Gasteiger partial charge in [0.1, 0.15) is 18.3 Å². The van der Waals surface area contributed by atoms with E-state index in [4.69, 9.17) is 16.3 Å². The van der Waals surface area contributed by atoms with Crippen LogP contribution in [-0.2, 0) is 11.2 Å². The van der Waals surface area contributed by atoms with Crippen LogP contribution in [0, 0.1) is 0 Å². The molecule has 4 rings (SSSR count). The second-order valence-corrected chi connectivity index (χ2v) is 8.31. The Bertz CT molecular complexity index is 967. The van der Waals surface area contributed by atoms with Crippen LogP contribution in [0.15, 0.2) is 24.1 Å². The summed E-state index contributed by atoms with van der Waals surface area (Å²) in [5.74, 6) is 0.648. The summed E-state index contributed by atoms with van der Waals surface area (Å²) in [6, 6.07) is 1.92. The van der Waals surface area contributed by atoms with Crippen molar-refractivity contribution in [1.82, 2.24) is 15.0 Å². The molecule has 1 fully saturated rings. The first kappa shape index (κ1) is 20.5. The second-order valence-electron chi connectivity index (χ2n) is 6.91. The lowest BCUT2D eigenvalue weighted by Gasteiger charge is -2.12. The van der Waals surface area contributed by atoms with E-state index >= 15 is 0 Å². The summed E-state index contributed by atoms with van der Waals surface area (Å²) in [5.41, 5.74) is 1.20. The lowest BCUT2D eigenvalue weighted by atomic mass is 10.1. The molecule has 0 radical (unpaired) electrons. The van der Waals surface area contributed by atoms with Gasteiger partial charge in [0.15, 0.2) is 18.5 Å². The largest absolute Gasteiger partial charge is 0.394 e. The fourth-order valence-electron chi connectivity index (χ4n) is 3.46. The number of ether oxygens (including phenoxy) is 1. The maximum Gasteiger partial charge on any atom is 0.309 e. The van der Waals surface area contributed by atoms with Gasteiger partial charge in [-0.3, -0.25) is 4.98 Å². The van der Waals surface area contributed by atoms with E-state index < -0.39 is 24.5 Å². The molecule has 1 aliphatic rings. The van der Waals surface area contributed by atoms with Crippen LogP contribution in [0.25, 0.3) is 11.2 Å². The molecule has 1 unspecified atom stereocenters. The molecular formula is C18H23ClN5O4S+. The summed E-state index contributed by atoms with van der Waals surface area (Å²) in [4.78, 5) is 12.9. The van der Waals surface area contributed by atoms with Gasteiger partial charge in [0.05, 0.1) is 11.6 Å². The zero-order chi connectivity index (χ0) is 20.4. The number of aryl methyl sites for hydroxylation is 1. The number of nitrogens with one attached hydrogen (secondary N) is 2. The molecule has 3 aromatic heterocycles. The first-order chi connectivity index (χ1) is 14.1. The lowest BCUT2D eigenvalue weighted by molar-refractivity contribution is -0.745. The number of aromatic nitrogens is 4. The molecule has 0 bridgehead atoms. The van der Waals surface area contributed by atoms with Gasteiger partial charge in [-0.1, -0.05) is 16.6 Å². The quantitative estimate of drug-likeness (QED) is 0.261. The van der Waals surface area contributed by atoms with Crippen molar-refractivity contribution in [2.45, 2.75) is 43.8 Å². The minimum absolute atomic E-state index is 0.379. The van der Waals surface area contributed by atoms with Crippen LogP contribution in [0.3, 0.4) is 0 Å². The number of nitrogens with zero attached hydrogens (tertiary/aromatic N) is 3. The van der Waals surface area contributed by atoms with Crippen molar-refractivity contribution in [2.24, 2.45) is 0 Å². The number of aromatic amines is 1. The van der Waals surface area contributed by atoms with Crippen molar-refractivity contribution in [3.05, 3.63) is 34.0 Å². The van der Waals surface area contributed by atoms with E-state index in [0.717, 1.165) is 30.8 Å². The Morgan fingerprint density at radius 2 is 2.14 bits per heavy atom. The van der Waals surface area contributed by atoms with Crippen LogP contribution in [-0.4, -0.2) is 61.7 Å². The Balaban J connectivity index is 1.40. The molecule has 0 aliphatic carbocycles. The number of halogens is 1. The SMILES string of the molecule is OCC1O[C@@H]([n+]2c[nH]c3c(NCCCCc4sccc4Cl)ncnc32)[C@H](O)[C@@H]1O. The predicted octanol–water partition coefficient (Wildman–Crippen LogP) is 1.01. The van der Waals surface area contributed by atoms with Gasteiger partial charge in [-0.2, -0.15) is 4.98 Å². The van der Waals surface area contributed by atoms with Crippen molar-refractivity contribution >= 4 is 39.9 Å². The van der Waals surface area contributed by atoms with Gasteiger partial charge in [-0.25, -0.2) is 4.57 Å². The highest BCUT2D eigenvalue weighted by molar-refractivity contribution is 7.10. The highest BCUT2D eigenvalue weighted by Crippen LogP contribution is 2.27. The number of unbranched alkanes of at least 4 members (excludes halogenated alkanes) is 1. The number of thiophene rings is 1. The molecule has 3 aromatic rings. The molecule has 0 amide bonds. The van der Waals surface area contributed by atoms with Gasteiger partial charge in [0.25, 0.3) is 0 Å². The van der Waals surface area contributed by atoms with E-state index in [9.17, 15) is 15.3 Å². The van der Waals surface area contributed by atoms with Crippen LogP contribution in [0.5, 0.6) is 0 Å². The summed E-state index contributed by atoms with van der Waals surface area (Å²) >= 11 is 7.80. The molecule has 156 valence electrons. The van der Waals surface area contributed by atoms with E-state index in [1.54, 1.807) is 22.2 Å². The summed E-state index contributed by atoms with van der Waals surface area (Å²) < 4.78 is 7.19. The summed E-state index contributed by atoms with van der Waals surface area (Å²) in [6.45, 7) is 0.359. The second kappa shape index (κ2) is 8.90. The normalized spacial score (nSPS) is 24.4.